The van der Waals surface area contributed by atoms with Crippen LogP contribution in [-0.2, 0) is 4.79 Å². The van der Waals surface area contributed by atoms with Gasteiger partial charge in [-0.25, -0.2) is 9.18 Å². The van der Waals surface area contributed by atoms with Gasteiger partial charge in [-0.1, -0.05) is 0 Å². The zero-order valence-electron chi connectivity index (χ0n) is 8.32. The molecule has 0 spiro atoms. The summed E-state index contributed by atoms with van der Waals surface area (Å²) in [5.41, 5.74) is -0.0827. The van der Waals surface area contributed by atoms with Crippen LogP contribution in [0.25, 0.3) is 0 Å². The number of carbonyl (C=O) groups excluding carboxylic acids is 1. The molecule has 1 rings (SSSR count). The van der Waals surface area contributed by atoms with Crippen molar-refractivity contribution in [2.45, 2.75) is 6.92 Å². The number of rotatable bonds is 2. The van der Waals surface area contributed by atoms with Crippen LogP contribution in [0.4, 0.5) is 10.1 Å². The summed E-state index contributed by atoms with van der Waals surface area (Å²) in [4.78, 5) is 22.6. The van der Waals surface area contributed by atoms with Crippen LogP contribution in [-0.4, -0.2) is 24.0 Å². The number of benzene rings is 1. The Morgan fingerprint density at radius 3 is 2.40 bits per heavy atom. The molecule has 1 aromatic carbocycles. The Bertz CT molecular complexity index is 417. The Morgan fingerprint density at radius 2 is 2.00 bits per heavy atom. The van der Waals surface area contributed by atoms with Gasteiger partial charge in [0, 0.05) is 14.0 Å². The predicted molar refractivity (Wildman–Crippen MR) is 52.4 cm³/mol. The Labute approximate surface area is 85.9 Å². The minimum absolute atomic E-state index is 0.0625. The van der Waals surface area contributed by atoms with Crippen molar-refractivity contribution in [2.24, 2.45) is 0 Å². The summed E-state index contributed by atoms with van der Waals surface area (Å²) in [6.45, 7) is 1.30. The van der Waals surface area contributed by atoms with Crippen molar-refractivity contribution in [3.8, 4) is 0 Å². The van der Waals surface area contributed by atoms with E-state index in [2.05, 4.69) is 0 Å². The van der Waals surface area contributed by atoms with Crippen molar-refractivity contribution in [1.29, 1.82) is 0 Å². The van der Waals surface area contributed by atoms with Crippen molar-refractivity contribution in [3.63, 3.8) is 0 Å². The van der Waals surface area contributed by atoms with E-state index in [0.29, 0.717) is 0 Å². The molecular weight excluding hydrogens is 201 g/mol. The molecule has 0 saturated carbocycles. The van der Waals surface area contributed by atoms with E-state index in [0.717, 1.165) is 11.0 Å². The second-order valence-corrected chi connectivity index (χ2v) is 3.05. The van der Waals surface area contributed by atoms with Gasteiger partial charge in [-0.05, 0) is 18.2 Å². The van der Waals surface area contributed by atoms with Crippen LogP contribution in [0.5, 0.6) is 0 Å². The quantitative estimate of drug-likeness (QED) is 0.806. The fourth-order valence-electron chi connectivity index (χ4n) is 1.08. The number of anilines is 1. The van der Waals surface area contributed by atoms with E-state index in [1.165, 1.54) is 26.1 Å². The molecule has 1 N–H and O–H groups in total. The lowest BCUT2D eigenvalue weighted by Gasteiger charge is -2.15. The first-order valence-electron chi connectivity index (χ1n) is 4.20. The number of amides is 1. The molecule has 5 heteroatoms. The molecule has 0 fully saturated rings. The molecular formula is C10H10FNO3. The molecule has 0 unspecified atom stereocenters. The van der Waals surface area contributed by atoms with Gasteiger partial charge in [-0.3, -0.25) is 4.79 Å². The first-order chi connectivity index (χ1) is 6.93. The van der Waals surface area contributed by atoms with E-state index < -0.39 is 11.8 Å². The molecule has 0 radical (unpaired) electrons. The first-order valence-corrected chi connectivity index (χ1v) is 4.20. The number of aromatic carboxylic acids is 1. The Kier molecular flexibility index (Phi) is 3.04. The molecule has 0 aliphatic carbocycles. The molecule has 4 nitrogen and oxygen atoms in total. The highest BCUT2D eigenvalue weighted by atomic mass is 19.1. The largest absolute Gasteiger partial charge is 0.478 e. The van der Waals surface area contributed by atoms with Gasteiger partial charge in [0.25, 0.3) is 0 Å². The van der Waals surface area contributed by atoms with E-state index in [1.807, 2.05) is 0 Å². The molecule has 0 aliphatic heterocycles. The fraction of sp³-hybridized carbons (Fsp3) is 0.200. The number of hydrogen-bond donors (Lipinski definition) is 1. The van der Waals surface area contributed by atoms with E-state index in [4.69, 9.17) is 5.11 Å². The summed E-state index contributed by atoms with van der Waals surface area (Å²) in [5.74, 6) is -2.25. The van der Waals surface area contributed by atoms with Crippen molar-refractivity contribution < 1.29 is 19.1 Å². The lowest BCUT2D eigenvalue weighted by molar-refractivity contribution is -0.116. The van der Waals surface area contributed by atoms with Crippen molar-refractivity contribution >= 4 is 17.6 Å². The molecule has 0 bridgehead atoms. The van der Waals surface area contributed by atoms with Gasteiger partial charge in [0.2, 0.25) is 5.91 Å². The topological polar surface area (TPSA) is 57.6 Å². The van der Waals surface area contributed by atoms with Gasteiger partial charge >= 0.3 is 5.97 Å². The van der Waals surface area contributed by atoms with E-state index in [-0.39, 0.29) is 17.2 Å². The van der Waals surface area contributed by atoms with Crippen molar-refractivity contribution in [1.82, 2.24) is 0 Å². The van der Waals surface area contributed by atoms with Crippen LogP contribution in [0.1, 0.15) is 17.3 Å². The van der Waals surface area contributed by atoms with Crippen LogP contribution in [0, 0.1) is 5.82 Å². The fourth-order valence-corrected chi connectivity index (χ4v) is 1.08. The minimum atomic E-state index is -1.20. The Hall–Kier alpha value is -1.91. The summed E-state index contributed by atoms with van der Waals surface area (Å²) in [7, 11) is 1.42. The second kappa shape index (κ2) is 4.08. The lowest BCUT2D eigenvalue weighted by atomic mass is 10.2. The summed E-state index contributed by atoms with van der Waals surface area (Å²) in [5, 5.41) is 8.60. The summed E-state index contributed by atoms with van der Waals surface area (Å²) in [6, 6.07) is 3.40. The van der Waals surface area contributed by atoms with E-state index in [1.54, 1.807) is 0 Å². The van der Waals surface area contributed by atoms with Gasteiger partial charge in [0.15, 0.2) is 0 Å². The molecule has 0 heterocycles. The normalized spacial score (nSPS) is 9.80. The maximum Gasteiger partial charge on any atom is 0.335 e. The Morgan fingerprint density at radius 1 is 1.40 bits per heavy atom. The number of carbonyl (C=O) groups is 2. The molecule has 0 atom stereocenters. The third kappa shape index (κ3) is 2.31. The molecule has 0 aromatic heterocycles. The number of halogens is 1. The number of carboxylic acid groups (broad SMARTS) is 1. The SMILES string of the molecule is CC(=O)N(C)c1ccc(C(=O)O)cc1F. The smallest absolute Gasteiger partial charge is 0.335 e. The average molecular weight is 211 g/mol. The third-order valence-electron chi connectivity index (χ3n) is 2.03. The van der Waals surface area contributed by atoms with E-state index in [9.17, 15) is 14.0 Å². The maximum atomic E-state index is 13.4. The molecule has 0 saturated heterocycles. The second-order valence-electron chi connectivity index (χ2n) is 3.05. The molecule has 15 heavy (non-hydrogen) atoms. The van der Waals surface area contributed by atoms with Crippen LogP contribution in [0.15, 0.2) is 18.2 Å². The summed E-state index contributed by atoms with van der Waals surface area (Å²) >= 11 is 0. The van der Waals surface area contributed by atoms with Gasteiger partial charge in [-0.15, -0.1) is 0 Å². The first kappa shape index (κ1) is 11.2. The number of hydrogen-bond acceptors (Lipinski definition) is 2. The summed E-state index contributed by atoms with van der Waals surface area (Å²) in [6.07, 6.45) is 0. The number of nitrogens with zero attached hydrogens (tertiary/aromatic N) is 1. The standard InChI is InChI=1S/C10H10FNO3/c1-6(13)12(2)9-4-3-7(10(14)15)5-8(9)11/h3-5H,1-2H3,(H,14,15). The highest BCUT2D eigenvalue weighted by molar-refractivity contribution is 5.92. The number of carboxylic acids is 1. The maximum absolute atomic E-state index is 13.4. The molecule has 80 valence electrons. The highest BCUT2D eigenvalue weighted by Gasteiger charge is 2.13. The zero-order valence-corrected chi connectivity index (χ0v) is 8.32. The van der Waals surface area contributed by atoms with Crippen LogP contribution in [0.2, 0.25) is 0 Å². The van der Waals surface area contributed by atoms with Crippen molar-refractivity contribution in [2.75, 3.05) is 11.9 Å². The molecule has 0 aliphatic rings. The molecule has 1 aromatic rings. The van der Waals surface area contributed by atoms with Gasteiger partial charge < -0.3 is 10.0 Å². The van der Waals surface area contributed by atoms with Gasteiger partial charge in [-0.2, -0.15) is 0 Å². The van der Waals surface area contributed by atoms with Crippen LogP contribution >= 0.6 is 0 Å². The van der Waals surface area contributed by atoms with Gasteiger partial charge in [0.05, 0.1) is 11.3 Å². The van der Waals surface area contributed by atoms with Crippen LogP contribution < -0.4 is 4.90 Å². The molecule has 1 amide bonds. The third-order valence-corrected chi connectivity index (χ3v) is 2.03. The monoisotopic (exact) mass is 211 g/mol. The lowest BCUT2D eigenvalue weighted by Crippen LogP contribution is -2.24. The van der Waals surface area contributed by atoms with E-state index >= 15 is 0 Å². The van der Waals surface area contributed by atoms with Crippen LogP contribution in [0.3, 0.4) is 0 Å². The Balaban J connectivity index is 3.13. The highest BCUT2D eigenvalue weighted by Crippen LogP contribution is 2.19. The van der Waals surface area contributed by atoms with Gasteiger partial charge in [0.1, 0.15) is 5.82 Å². The minimum Gasteiger partial charge on any atom is -0.478 e. The predicted octanol–water partition coefficient (Wildman–Crippen LogP) is 1.51. The summed E-state index contributed by atoms with van der Waals surface area (Å²) < 4.78 is 13.4. The average Bonchev–Trinajstić information content (AvgIpc) is 2.16. The zero-order chi connectivity index (χ0) is 11.6. The van der Waals surface area contributed by atoms with Crippen molar-refractivity contribution in [3.05, 3.63) is 29.6 Å².